The maximum Gasteiger partial charge on any atom is 0.165 e. The molecule has 1 aromatic rings. The Hall–Kier alpha value is -1.54. The Balaban J connectivity index is 1.63. The Morgan fingerprint density at radius 1 is 1.26 bits per heavy atom. The van der Waals surface area contributed by atoms with Crippen LogP contribution in [0.15, 0.2) is 12.1 Å². The quantitative estimate of drug-likeness (QED) is 0.698. The topological polar surface area (TPSA) is 81.2 Å². The van der Waals surface area contributed by atoms with Gasteiger partial charge in [-0.25, -0.2) is 0 Å². The molecule has 128 valence electrons. The summed E-state index contributed by atoms with van der Waals surface area (Å²) in [5.41, 5.74) is 0.0558. The van der Waals surface area contributed by atoms with Crippen molar-refractivity contribution >= 4 is 0 Å². The highest BCUT2D eigenvalue weighted by molar-refractivity contribution is 5.51. The van der Waals surface area contributed by atoms with E-state index in [0.717, 1.165) is 23.6 Å². The second-order valence-electron chi connectivity index (χ2n) is 5.86. The Bertz CT molecular complexity index is 529. The lowest BCUT2D eigenvalue weighted by Crippen LogP contribution is -2.50. The molecule has 0 spiro atoms. The van der Waals surface area contributed by atoms with E-state index < -0.39 is 5.60 Å². The van der Waals surface area contributed by atoms with Gasteiger partial charge in [0.05, 0.1) is 20.3 Å². The zero-order valence-corrected chi connectivity index (χ0v) is 13.4. The van der Waals surface area contributed by atoms with Gasteiger partial charge in [0.25, 0.3) is 0 Å². The summed E-state index contributed by atoms with van der Waals surface area (Å²) in [6, 6.07) is 3.77. The largest absolute Gasteiger partial charge is 0.496 e. The first-order chi connectivity index (χ1) is 11.2. The molecule has 0 radical (unpaired) electrons. The molecule has 0 bridgehead atoms. The molecule has 3 rings (SSSR count). The molecule has 7 heteroatoms. The SMILES string of the molecule is COc1cc2c(cc1CNC[C@]1(O)CNCCOC1)OCCO2. The molecule has 0 saturated carbocycles. The van der Waals surface area contributed by atoms with Crippen LogP contribution in [-0.4, -0.2) is 63.9 Å². The maximum absolute atomic E-state index is 10.5. The predicted molar refractivity (Wildman–Crippen MR) is 84.3 cm³/mol. The second kappa shape index (κ2) is 7.35. The summed E-state index contributed by atoms with van der Waals surface area (Å²) in [7, 11) is 1.63. The van der Waals surface area contributed by atoms with Crippen LogP contribution in [0.5, 0.6) is 17.2 Å². The van der Waals surface area contributed by atoms with E-state index in [4.69, 9.17) is 18.9 Å². The fourth-order valence-electron chi connectivity index (χ4n) is 2.76. The number of methoxy groups -OCH3 is 1. The van der Waals surface area contributed by atoms with E-state index in [9.17, 15) is 5.11 Å². The lowest BCUT2D eigenvalue weighted by atomic mass is 10.1. The van der Waals surface area contributed by atoms with Crippen molar-refractivity contribution in [3.63, 3.8) is 0 Å². The molecule has 2 aliphatic heterocycles. The summed E-state index contributed by atoms with van der Waals surface area (Å²) in [5, 5.41) is 17.0. The van der Waals surface area contributed by atoms with E-state index in [1.807, 2.05) is 12.1 Å². The summed E-state index contributed by atoms with van der Waals surface area (Å²) >= 11 is 0. The van der Waals surface area contributed by atoms with E-state index in [1.165, 1.54) is 0 Å². The molecule has 1 aromatic carbocycles. The number of aliphatic hydroxyl groups is 1. The minimum atomic E-state index is -0.905. The molecule has 0 aromatic heterocycles. The zero-order valence-electron chi connectivity index (χ0n) is 13.4. The van der Waals surface area contributed by atoms with Crippen LogP contribution in [0.25, 0.3) is 0 Å². The van der Waals surface area contributed by atoms with Gasteiger partial charge in [0.1, 0.15) is 24.6 Å². The van der Waals surface area contributed by atoms with Crippen LogP contribution in [0.1, 0.15) is 5.56 Å². The molecule has 1 saturated heterocycles. The number of hydrogen-bond donors (Lipinski definition) is 3. The van der Waals surface area contributed by atoms with Crippen LogP contribution >= 0.6 is 0 Å². The summed E-state index contributed by atoms with van der Waals surface area (Å²) in [6.45, 7) is 4.31. The third-order valence-electron chi connectivity index (χ3n) is 3.96. The van der Waals surface area contributed by atoms with Crippen molar-refractivity contribution in [3.8, 4) is 17.2 Å². The molecule has 0 amide bonds. The highest BCUT2D eigenvalue weighted by Crippen LogP contribution is 2.36. The van der Waals surface area contributed by atoms with Crippen LogP contribution in [0, 0.1) is 0 Å². The first kappa shape index (κ1) is 16.3. The van der Waals surface area contributed by atoms with Gasteiger partial charge in [-0.05, 0) is 6.07 Å². The van der Waals surface area contributed by atoms with Crippen molar-refractivity contribution < 1.29 is 24.1 Å². The smallest absolute Gasteiger partial charge is 0.165 e. The number of ether oxygens (including phenoxy) is 4. The van der Waals surface area contributed by atoms with Gasteiger partial charge in [0, 0.05) is 37.8 Å². The molecule has 1 fully saturated rings. The normalized spacial score (nSPS) is 24.1. The molecule has 2 heterocycles. The minimum Gasteiger partial charge on any atom is -0.496 e. The van der Waals surface area contributed by atoms with E-state index >= 15 is 0 Å². The van der Waals surface area contributed by atoms with Crippen LogP contribution in [0.3, 0.4) is 0 Å². The average molecular weight is 324 g/mol. The third kappa shape index (κ3) is 4.06. The van der Waals surface area contributed by atoms with Crippen LogP contribution in [0.2, 0.25) is 0 Å². The lowest BCUT2D eigenvalue weighted by molar-refractivity contribution is -0.0264. The van der Waals surface area contributed by atoms with Crippen molar-refractivity contribution in [2.24, 2.45) is 0 Å². The van der Waals surface area contributed by atoms with Crippen LogP contribution in [0.4, 0.5) is 0 Å². The monoisotopic (exact) mass is 324 g/mol. The third-order valence-corrected chi connectivity index (χ3v) is 3.96. The fourth-order valence-corrected chi connectivity index (χ4v) is 2.76. The minimum absolute atomic E-state index is 0.325. The highest BCUT2D eigenvalue weighted by Gasteiger charge is 2.28. The zero-order chi connectivity index (χ0) is 16.1. The molecule has 7 nitrogen and oxygen atoms in total. The first-order valence-corrected chi connectivity index (χ1v) is 7.88. The fraction of sp³-hybridized carbons (Fsp3) is 0.625. The van der Waals surface area contributed by atoms with Crippen molar-refractivity contribution in [2.45, 2.75) is 12.1 Å². The summed E-state index contributed by atoms with van der Waals surface area (Å²) in [5.74, 6) is 2.17. The van der Waals surface area contributed by atoms with Crippen molar-refractivity contribution in [2.75, 3.05) is 53.2 Å². The number of hydrogen-bond acceptors (Lipinski definition) is 7. The van der Waals surface area contributed by atoms with Gasteiger partial charge in [-0.2, -0.15) is 0 Å². The number of rotatable bonds is 5. The van der Waals surface area contributed by atoms with Gasteiger partial charge < -0.3 is 34.7 Å². The first-order valence-electron chi connectivity index (χ1n) is 7.88. The van der Waals surface area contributed by atoms with Gasteiger partial charge in [-0.3, -0.25) is 0 Å². The molecule has 2 aliphatic rings. The molecule has 0 unspecified atom stereocenters. The van der Waals surface area contributed by atoms with Gasteiger partial charge >= 0.3 is 0 Å². The van der Waals surface area contributed by atoms with Crippen LogP contribution in [-0.2, 0) is 11.3 Å². The van der Waals surface area contributed by atoms with Gasteiger partial charge in [0.15, 0.2) is 11.5 Å². The Morgan fingerprint density at radius 2 is 2.04 bits per heavy atom. The number of fused-ring (bicyclic) bond motifs is 1. The second-order valence-corrected chi connectivity index (χ2v) is 5.86. The molecule has 0 aliphatic carbocycles. The van der Waals surface area contributed by atoms with E-state index in [2.05, 4.69) is 10.6 Å². The maximum atomic E-state index is 10.5. The number of nitrogens with one attached hydrogen (secondary N) is 2. The summed E-state index contributed by atoms with van der Waals surface area (Å²) < 4.78 is 22.0. The Kier molecular flexibility index (Phi) is 5.22. The summed E-state index contributed by atoms with van der Waals surface area (Å²) in [6.07, 6.45) is 0. The molecular formula is C16H24N2O5. The van der Waals surface area contributed by atoms with Gasteiger partial charge in [-0.15, -0.1) is 0 Å². The Morgan fingerprint density at radius 3 is 2.83 bits per heavy atom. The highest BCUT2D eigenvalue weighted by atomic mass is 16.6. The predicted octanol–water partition coefficient (Wildman–Crippen LogP) is -0.0931. The Labute approximate surface area is 135 Å². The number of β-amino-alcohol motifs (C(OH)–C–C–N with tert-alkyl or cyclic N) is 1. The van der Waals surface area contributed by atoms with Gasteiger partial charge in [-0.1, -0.05) is 0 Å². The van der Waals surface area contributed by atoms with Crippen molar-refractivity contribution in [1.29, 1.82) is 0 Å². The molecule has 3 N–H and O–H groups in total. The molecular weight excluding hydrogens is 300 g/mol. The molecule has 23 heavy (non-hydrogen) atoms. The van der Waals surface area contributed by atoms with Gasteiger partial charge in [0.2, 0.25) is 0 Å². The molecule has 1 atom stereocenters. The lowest BCUT2D eigenvalue weighted by Gasteiger charge is -2.26. The van der Waals surface area contributed by atoms with E-state index in [1.54, 1.807) is 7.11 Å². The van der Waals surface area contributed by atoms with Crippen LogP contribution < -0.4 is 24.8 Å². The van der Waals surface area contributed by atoms with Crippen molar-refractivity contribution in [3.05, 3.63) is 17.7 Å². The standard InChI is InChI=1S/C16H24N2O5/c1-20-13-7-15-14(22-4-5-23-15)6-12(13)8-18-10-16(19)9-17-2-3-21-11-16/h6-7,17-19H,2-5,8-11H2,1H3/t16-/m1/s1. The van der Waals surface area contributed by atoms with Crippen molar-refractivity contribution in [1.82, 2.24) is 10.6 Å². The number of benzene rings is 1. The van der Waals surface area contributed by atoms with E-state index in [0.29, 0.717) is 51.8 Å². The summed E-state index contributed by atoms with van der Waals surface area (Å²) in [4.78, 5) is 0. The average Bonchev–Trinajstić information content (AvgIpc) is 2.79. The van der Waals surface area contributed by atoms with E-state index in [-0.39, 0.29) is 0 Å².